The van der Waals surface area contributed by atoms with E-state index in [-0.39, 0.29) is 16.4 Å². The third-order valence-electron chi connectivity index (χ3n) is 6.98. The number of ether oxygens (including phenoxy) is 1. The number of hydrogen-bond acceptors (Lipinski definition) is 5. The monoisotopic (exact) mass is 458 g/mol. The zero-order chi connectivity index (χ0) is 20.0. The normalized spacial score (nSPS) is 32.3. The summed E-state index contributed by atoms with van der Waals surface area (Å²) in [6, 6.07) is 9.58. The van der Waals surface area contributed by atoms with Crippen molar-refractivity contribution in [1.82, 2.24) is 15.2 Å². The molecular weight excluding hydrogens is 432 g/mol. The van der Waals surface area contributed by atoms with Crippen LogP contribution in [-0.2, 0) is 4.74 Å². The number of likely N-dealkylation sites (tertiary alicyclic amines) is 1. The topological polar surface area (TPSA) is 80.5 Å². The van der Waals surface area contributed by atoms with Crippen LogP contribution in [0.5, 0.6) is 0 Å². The summed E-state index contributed by atoms with van der Waals surface area (Å²) in [5, 5.41) is 4.10. The fourth-order valence-corrected chi connectivity index (χ4v) is 6.31. The van der Waals surface area contributed by atoms with E-state index in [1.807, 2.05) is 30.3 Å². The number of para-hydroxylation sites is 1. The van der Waals surface area contributed by atoms with Crippen LogP contribution >= 0.6 is 15.9 Å². The van der Waals surface area contributed by atoms with Gasteiger partial charge in [0.15, 0.2) is 0 Å². The Morgan fingerprint density at radius 1 is 1.31 bits per heavy atom. The van der Waals surface area contributed by atoms with Crippen molar-refractivity contribution in [2.75, 3.05) is 32.8 Å². The van der Waals surface area contributed by atoms with Gasteiger partial charge in [-0.25, -0.2) is 0 Å². The van der Waals surface area contributed by atoms with Gasteiger partial charge in [0.25, 0.3) is 5.91 Å². The van der Waals surface area contributed by atoms with Crippen molar-refractivity contribution in [1.29, 1.82) is 0 Å². The van der Waals surface area contributed by atoms with Gasteiger partial charge in [-0.1, -0.05) is 34.1 Å². The lowest BCUT2D eigenvalue weighted by Gasteiger charge is -2.33. The molecule has 2 saturated heterocycles. The summed E-state index contributed by atoms with van der Waals surface area (Å²) >= 11 is 3.94. The molecule has 3 N–H and O–H groups in total. The smallest absolute Gasteiger partial charge is 0.253 e. The predicted octanol–water partition coefficient (Wildman–Crippen LogP) is 2.37. The summed E-state index contributed by atoms with van der Waals surface area (Å²) in [5.41, 5.74) is 8.00. The number of fused-ring (bicyclic) bond motifs is 2. The molecule has 1 amide bonds. The van der Waals surface area contributed by atoms with E-state index in [2.05, 4.69) is 31.1 Å². The molecule has 3 heterocycles. The Bertz CT molecular complexity index is 913. The van der Waals surface area contributed by atoms with Gasteiger partial charge < -0.3 is 15.8 Å². The number of nitrogens with one attached hydrogen (secondary N) is 1. The highest BCUT2D eigenvalue weighted by atomic mass is 79.9. The molecule has 3 fully saturated rings. The number of benzene rings is 1. The molecule has 29 heavy (non-hydrogen) atoms. The maximum atomic E-state index is 12.8. The third kappa shape index (κ3) is 3.38. The maximum absolute atomic E-state index is 12.8. The second kappa shape index (κ2) is 7.61. The van der Waals surface area contributed by atoms with Crippen LogP contribution in [0.2, 0.25) is 0 Å². The molecule has 4 unspecified atom stereocenters. The first-order chi connectivity index (χ1) is 14.1. The van der Waals surface area contributed by atoms with Crippen LogP contribution in [0.4, 0.5) is 0 Å². The van der Waals surface area contributed by atoms with E-state index in [4.69, 9.17) is 10.5 Å². The minimum absolute atomic E-state index is 0.00327. The van der Waals surface area contributed by atoms with Gasteiger partial charge in [0.05, 0.1) is 21.6 Å². The largest absolute Gasteiger partial charge is 0.381 e. The Hall–Kier alpha value is -1.54. The molecule has 3 aliphatic rings. The molecule has 4 atom stereocenters. The van der Waals surface area contributed by atoms with Crippen LogP contribution in [-0.4, -0.2) is 59.1 Å². The van der Waals surface area contributed by atoms with E-state index in [0.717, 1.165) is 50.0 Å². The molecule has 0 bridgehead atoms. The minimum atomic E-state index is -0.0809. The number of pyridine rings is 1. The van der Waals surface area contributed by atoms with E-state index in [1.165, 1.54) is 0 Å². The number of nitrogens with zero attached hydrogens (tertiary/aromatic N) is 2. The summed E-state index contributed by atoms with van der Waals surface area (Å²) in [5.74, 6) is 1.47. The van der Waals surface area contributed by atoms with E-state index < -0.39 is 0 Å². The van der Waals surface area contributed by atoms with Crippen LogP contribution < -0.4 is 11.1 Å². The number of amides is 1. The lowest BCUT2D eigenvalue weighted by atomic mass is 9.99. The first kappa shape index (κ1) is 19.4. The number of nitrogens with two attached hydrogens (primary N) is 1. The quantitative estimate of drug-likeness (QED) is 0.672. The highest BCUT2D eigenvalue weighted by Gasteiger charge is 2.71. The van der Waals surface area contributed by atoms with Gasteiger partial charge in [-0.3, -0.25) is 14.7 Å². The van der Waals surface area contributed by atoms with Gasteiger partial charge in [-0.05, 0) is 36.8 Å². The van der Waals surface area contributed by atoms with E-state index >= 15 is 0 Å². The second-order valence-electron chi connectivity index (χ2n) is 8.59. The highest BCUT2D eigenvalue weighted by molar-refractivity contribution is 9.10. The molecule has 1 saturated carbocycles. The summed E-state index contributed by atoms with van der Waals surface area (Å²) in [4.78, 5) is 19.6. The summed E-state index contributed by atoms with van der Waals surface area (Å²) in [7, 11) is 0. The Labute approximate surface area is 179 Å². The number of aromatic nitrogens is 1. The zero-order valence-corrected chi connectivity index (χ0v) is 18.0. The number of carbonyl (C=O) groups excluding carboxylic acids is 1. The lowest BCUT2D eigenvalue weighted by Crippen LogP contribution is -2.49. The molecule has 6 nitrogen and oxygen atoms in total. The van der Waals surface area contributed by atoms with Crippen molar-refractivity contribution in [2.45, 2.75) is 23.3 Å². The van der Waals surface area contributed by atoms with Crippen LogP contribution in [0.15, 0.2) is 36.5 Å². The fourth-order valence-electron chi connectivity index (χ4n) is 5.21. The van der Waals surface area contributed by atoms with E-state index in [9.17, 15) is 4.79 Å². The molecule has 1 aromatic heterocycles. The van der Waals surface area contributed by atoms with Gasteiger partial charge in [0.1, 0.15) is 0 Å². The standard InChI is InChI=1S/C22H27BrN4O2/c23-22-17(18(22)13-27(21(22)24)12-14-6-9-29-10-7-14)11-26-20(28)16-5-1-3-15-4-2-8-25-19(15)16/h1-5,8,14,17-18,21H,6-7,9-13,24H2,(H,26,28). The van der Waals surface area contributed by atoms with Gasteiger partial charge in [-0.15, -0.1) is 0 Å². The van der Waals surface area contributed by atoms with Crippen LogP contribution in [0.3, 0.4) is 0 Å². The molecule has 154 valence electrons. The van der Waals surface area contributed by atoms with Gasteiger partial charge in [0.2, 0.25) is 0 Å². The summed E-state index contributed by atoms with van der Waals surface area (Å²) in [6.45, 7) is 4.43. The van der Waals surface area contributed by atoms with Crippen molar-refractivity contribution in [3.8, 4) is 0 Å². The number of rotatable bonds is 5. The molecule has 7 heteroatoms. The maximum Gasteiger partial charge on any atom is 0.253 e. The van der Waals surface area contributed by atoms with Crippen LogP contribution in [0.1, 0.15) is 23.2 Å². The third-order valence-corrected chi connectivity index (χ3v) is 8.63. The number of alkyl halides is 1. The lowest BCUT2D eigenvalue weighted by molar-refractivity contribution is 0.0479. The summed E-state index contributed by atoms with van der Waals surface area (Å²) < 4.78 is 5.39. The van der Waals surface area contributed by atoms with Crippen LogP contribution in [0, 0.1) is 17.8 Å². The van der Waals surface area contributed by atoms with Crippen molar-refractivity contribution >= 4 is 32.7 Å². The minimum Gasteiger partial charge on any atom is -0.381 e. The molecule has 0 spiro atoms. The Kier molecular flexibility index (Phi) is 5.10. The average molecular weight is 459 g/mol. The molecular formula is C22H27BrN4O2. The van der Waals surface area contributed by atoms with Crippen molar-refractivity contribution in [3.05, 3.63) is 42.1 Å². The van der Waals surface area contributed by atoms with Crippen molar-refractivity contribution in [2.24, 2.45) is 23.5 Å². The van der Waals surface area contributed by atoms with Gasteiger partial charge >= 0.3 is 0 Å². The van der Waals surface area contributed by atoms with Crippen molar-refractivity contribution in [3.63, 3.8) is 0 Å². The Morgan fingerprint density at radius 2 is 2.10 bits per heavy atom. The molecule has 2 aromatic rings. The molecule has 1 aliphatic carbocycles. The number of carbonyl (C=O) groups is 1. The van der Waals surface area contributed by atoms with Crippen LogP contribution in [0.25, 0.3) is 10.9 Å². The zero-order valence-electron chi connectivity index (χ0n) is 16.4. The molecule has 0 radical (unpaired) electrons. The average Bonchev–Trinajstić information content (AvgIpc) is 3.24. The van der Waals surface area contributed by atoms with Gasteiger partial charge in [-0.2, -0.15) is 0 Å². The van der Waals surface area contributed by atoms with E-state index in [0.29, 0.717) is 29.9 Å². The first-order valence-electron chi connectivity index (χ1n) is 10.5. The van der Waals surface area contributed by atoms with Crippen molar-refractivity contribution < 1.29 is 9.53 Å². The Morgan fingerprint density at radius 3 is 2.86 bits per heavy atom. The number of halogens is 1. The fraction of sp³-hybridized carbons (Fsp3) is 0.545. The Balaban J connectivity index is 1.19. The van der Waals surface area contributed by atoms with Gasteiger partial charge in [0, 0.05) is 50.3 Å². The summed E-state index contributed by atoms with van der Waals surface area (Å²) in [6.07, 6.45) is 3.98. The number of hydrogen-bond donors (Lipinski definition) is 2. The number of piperidine rings is 1. The SMILES string of the molecule is NC1N(CC2CCOCC2)CC2C(CNC(=O)c3cccc4cccnc34)C21Br. The molecule has 5 rings (SSSR count). The predicted molar refractivity (Wildman–Crippen MR) is 116 cm³/mol. The highest BCUT2D eigenvalue weighted by Crippen LogP contribution is 2.63. The first-order valence-corrected chi connectivity index (χ1v) is 11.3. The van der Waals surface area contributed by atoms with E-state index in [1.54, 1.807) is 6.20 Å². The second-order valence-corrected chi connectivity index (χ2v) is 9.96. The molecule has 2 aliphatic heterocycles. The molecule has 1 aromatic carbocycles.